The van der Waals surface area contributed by atoms with Crippen LogP contribution in [0, 0.1) is 0 Å². The van der Waals surface area contributed by atoms with E-state index in [4.69, 9.17) is 16.3 Å². The van der Waals surface area contributed by atoms with Crippen molar-refractivity contribution >= 4 is 52.8 Å². The van der Waals surface area contributed by atoms with Crippen LogP contribution in [0.5, 0.6) is 0 Å². The fourth-order valence-electron chi connectivity index (χ4n) is 2.02. The van der Waals surface area contributed by atoms with E-state index in [-0.39, 0.29) is 24.2 Å². The standard InChI is InChI=1S/C17H20ClN3O3S.ClH/c1-24-9-8-19-6-7-20-16(22)12-4-5-13(18)14(11-12)21-17(23)15-3-2-10-25-15;/h2-5,10-11,19H,6-9H2,1H3,(H,20,22)(H,21,23);1H. The largest absolute Gasteiger partial charge is 0.383 e. The summed E-state index contributed by atoms with van der Waals surface area (Å²) in [5.74, 6) is -0.478. The Kier molecular flexibility index (Phi) is 10.2. The van der Waals surface area contributed by atoms with Gasteiger partial charge in [0.2, 0.25) is 0 Å². The minimum atomic E-state index is -0.253. The monoisotopic (exact) mass is 417 g/mol. The first-order valence-electron chi connectivity index (χ1n) is 7.74. The summed E-state index contributed by atoms with van der Waals surface area (Å²) in [4.78, 5) is 24.9. The van der Waals surface area contributed by atoms with Gasteiger partial charge < -0.3 is 20.7 Å². The summed E-state index contributed by atoms with van der Waals surface area (Å²) in [6, 6.07) is 8.31. The van der Waals surface area contributed by atoms with Crippen LogP contribution in [0.1, 0.15) is 20.0 Å². The van der Waals surface area contributed by atoms with E-state index in [9.17, 15) is 9.59 Å². The van der Waals surface area contributed by atoms with E-state index in [0.717, 1.165) is 6.54 Å². The average molecular weight is 418 g/mol. The molecule has 0 aliphatic heterocycles. The van der Waals surface area contributed by atoms with Gasteiger partial charge in [-0.3, -0.25) is 9.59 Å². The Morgan fingerprint density at radius 1 is 1.15 bits per heavy atom. The van der Waals surface area contributed by atoms with E-state index in [1.165, 1.54) is 11.3 Å². The normalized spacial score (nSPS) is 10.1. The van der Waals surface area contributed by atoms with Crippen LogP contribution >= 0.6 is 35.3 Å². The van der Waals surface area contributed by atoms with Crippen molar-refractivity contribution in [2.75, 3.05) is 38.7 Å². The Labute approximate surface area is 167 Å². The predicted molar refractivity (Wildman–Crippen MR) is 108 cm³/mol. The van der Waals surface area contributed by atoms with Crippen molar-refractivity contribution in [3.05, 3.63) is 51.2 Å². The molecule has 0 fully saturated rings. The van der Waals surface area contributed by atoms with E-state index in [1.54, 1.807) is 37.4 Å². The molecular formula is C17H21Cl2N3O3S. The number of ether oxygens (including phenoxy) is 1. The van der Waals surface area contributed by atoms with Gasteiger partial charge in [0.25, 0.3) is 11.8 Å². The lowest BCUT2D eigenvalue weighted by atomic mass is 10.2. The second kappa shape index (κ2) is 11.9. The summed E-state index contributed by atoms with van der Waals surface area (Å²) in [5.41, 5.74) is 0.841. The molecule has 26 heavy (non-hydrogen) atoms. The third kappa shape index (κ3) is 6.93. The molecule has 1 heterocycles. The summed E-state index contributed by atoms with van der Waals surface area (Å²) in [5, 5.41) is 10.9. The van der Waals surface area contributed by atoms with Gasteiger partial charge in [0.05, 0.1) is 22.2 Å². The smallest absolute Gasteiger partial charge is 0.265 e. The van der Waals surface area contributed by atoms with Crippen LogP contribution in [0.4, 0.5) is 5.69 Å². The molecule has 1 aromatic heterocycles. The highest BCUT2D eigenvalue weighted by Crippen LogP contribution is 2.24. The zero-order chi connectivity index (χ0) is 18.1. The van der Waals surface area contributed by atoms with Crippen molar-refractivity contribution in [2.24, 2.45) is 0 Å². The molecule has 2 amide bonds. The highest BCUT2D eigenvalue weighted by atomic mass is 35.5. The van der Waals surface area contributed by atoms with Gasteiger partial charge in [-0.05, 0) is 29.6 Å². The lowest BCUT2D eigenvalue weighted by Gasteiger charge is -2.10. The number of methoxy groups -OCH3 is 1. The maximum atomic E-state index is 12.2. The van der Waals surface area contributed by atoms with E-state index in [0.29, 0.717) is 40.8 Å². The van der Waals surface area contributed by atoms with Crippen molar-refractivity contribution < 1.29 is 14.3 Å². The lowest BCUT2D eigenvalue weighted by molar-refractivity contribution is 0.0952. The van der Waals surface area contributed by atoms with Crippen LogP contribution in [-0.4, -0.2) is 45.2 Å². The average Bonchev–Trinajstić information content (AvgIpc) is 3.14. The Morgan fingerprint density at radius 2 is 1.96 bits per heavy atom. The molecule has 3 N–H and O–H groups in total. The zero-order valence-corrected chi connectivity index (χ0v) is 16.6. The lowest BCUT2D eigenvalue weighted by Crippen LogP contribution is -2.33. The topological polar surface area (TPSA) is 79.5 Å². The summed E-state index contributed by atoms with van der Waals surface area (Å²) >= 11 is 7.45. The minimum Gasteiger partial charge on any atom is -0.383 e. The number of halogens is 2. The van der Waals surface area contributed by atoms with E-state index in [2.05, 4.69) is 16.0 Å². The second-order valence-corrected chi connectivity index (χ2v) is 6.48. The number of amides is 2. The molecule has 1 aromatic carbocycles. The van der Waals surface area contributed by atoms with Gasteiger partial charge in [0.15, 0.2) is 0 Å². The van der Waals surface area contributed by atoms with Crippen molar-refractivity contribution in [2.45, 2.75) is 0 Å². The zero-order valence-electron chi connectivity index (χ0n) is 14.2. The Morgan fingerprint density at radius 3 is 2.65 bits per heavy atom. The maximum Gasteiger partial charge on any atom is 0.265 e. The van der Waals surface area contributed by atoms with Gasteiger partial charge in [-0.1, -0.05) is 17.7 Å². The quantitative estimate of drug-likeness (QED) is 0.547. The first-order valence-corrected chi connectivity index (χ1v) is 9.00. The number of rotatable bonds is 9. The molecule has 0 saturated heterocycles. The molecule has 9 heteroatoms. The number of benzene rings is 1. The minimum absolute atomic E-state index is 0. The molecule has 0 bridgehead atoms. The Bertz CT molecular complexity index is 711. The molecule has 0 atom stereocenters. The number of hydrogen-bond donors (Lipinski definition) is 3. The molecule has 142 valence electrons. The molecule has 2 aromatic rings. The fraction of sp³-hybridized carbons (Fsp3) is 0.294. The van der Waals surface area contributed by atoms with Crippen molar-refractivity contribution in [1.82, 2.24) is 10.6 Å². The second-order valence-electron chi connectivity index (χ2n) is 5.12. The van der Waals surface area contributed by atoms with Crippen molar-refractivity contribution in [1.29, 1.82) is 0 Å². The SMILES string of the molecule is COCCNCCNC(=O)c1ccc(Cl)c(NC(=O)c2cccs2)c1.Cl. The molecule has 2 rings (SSSR count). The highest BCUT2D eigenvalue weighted by molar-refractivity contribution is 7.12. The molecule has 6 nitrogen and oxygen atoms in total. The van der Waals surface area contributed by atoms with Crippen molar-refractivity contribution in [3.63, 3.8) is 0 Å². The van der Waals surface area contributed by atoms with Crippen LogP contribution in [0.3, 0.4) is 0 Å². The fourth-order valence-corrected chi connectivity index (χ4v) is 2.80. The van der Waals surface area contributed by atoms with Crippen LogP contribution in [-0.2, 0) is 4.74 Å². The van der Waals surface area contributed by atoms with Crippen LogP contribution < -0.4 is 16.0 Å². The van der Waals surface area contributed by atoms with Gasteiger partial charge in [-0.15, -0.1) is 23.7 Å². The van der Waals surface area contributed by atoms with E-state index >= 15 is 0 Å². The molecular weight excluding hydrogens is 397 g/mol. The van der Waals surface area contributed by atoms with Crippen LogP contribution in [0.15, 0.2) is 35.7 Å². The predicted octanol–water partition coefficient (Wildman–Crippen LogP) is 3.04. The highest BCUT2D eigenvalue weighted by Gasteiger charge is 2.12. The van der Waals surface area contributed by atoms with Gasteiger partial charge in [-0.25, -0.2) is 0 Å². The number of nitrogens with one attached hydrogen (secondary N) is 3. The molecule has 0 unspecified atom stereocenters. The molecule has 0 aliphatic rings. The van der Waals surface area contributed by atoms with Gasteiger partial charge >= 0.3 is 0 Å². The summed E-state index contributed by atoms with van der Waals surface area (Å²) in [7, 11) is 1.64. The maximum absolute atomic E-state index is 12.2. The number of anilines is 1. The molecule has 0 saturated carbocycles. The number of thiophene rings is 1. The Balaban J connectivity index is 0.00000338. The molecule has 0 radical (unpaired) electrons. The first kappa shape index (κ1) is 22.4. The number of hydrogen-bond acceptors (Lipinski definition) is 5. The number of carbonyl (C=O) groups excluding carboxylic acids is 2. The summed E-state index contributed by atoms with van der Waals surface area (Å²) < 4.78 is 4.93. The van der Waals surface area contributed by atoms with Crippen molar-refractivity contribution in [3.8, 4) is 0 Å². The van der Waals surface area contributed by atoms with Gasteiger partial charge in [0, 0.05) is 32.3 Å². The van der Waals surface area contributed by atoms with E-state index < -0.39 is 0 Å². The van der Waals surface area contributed by atoms with Crippen LogP contribution in [0.2, 0.25) is 5.02 Å². The Hall–Kier alpha value is -1.64. The first-order chi connectivity index (χ1) is 12.1. The molecule has 0 aliphatic carbocycles. The third-order valence-electron chi connectivity index (χ3n) is 3.29. The van der Waals surface area contributed by atoms with Gasteiger partial charge in [0.1, 0.15) is 0 Å². The van der Waals surface area contributed by atoms with Crippen LogP contribution in [0.25, 0.3) is 0 Å². The van der Waals surface area contributed by atoms with Gasteiger partial charge in [-0.2, -0.15) is 0 Å². The molecule has 0 spiro atoms. The number of carbonyl (C=O) groups is 2. The van der Waals surface area contributed by atoms with E-state index in [1.807, 2.05) is 5.38 Å². The summed E-state index contributed by atoms with van der Waals surface area (Å²) in [6.45, 7) is 2.48. The third-order valence-corrected chi connectivity index (χ3v) is 4.49. The summed E-state index contributed by atoms with van der Waals surface area (Å²) in [6.07, 6.45) is 0.